The molecule has 1 aromatic carbocycles. The van der Waals surface area contributed by atoms with Gasteiger partial charge in [-0.25, -0.2) is 4.79 Å². The molecule has 1 amide bonds. The third-order valence-electron chi connectivity index (χ3n) is 2.85. The van der Waals surface area contributed by atoms with Crippen LogP contribution in [0.25, 0.3) is 0 Å². The van der Waals surface area contributed by atoms with E-state index in [1.807, 2.05) is 0 Å². The summed E-state index contributed by atoms with van der Waals surface area (Å²) in [5.41, 5.74) is 6.20. The van der Waals surface area contributed by atoms with Gasteiger partial charge >= 0.3 is 6.09 Å². The van der Waals surface area contributed by atoms with Gasteiger partial charge in [-0.2, -0.15) is 0 Å². The summed E-state index contributed by atoms with van der Waals surface area (Å²) in [6, 6.07) is 6.57. The Labute approximate surface area is 93.4 Å². The minimum absolute atomic E-state index is 0.119. The summed E-state index contributed by atoms with van der Waals surface area (Å²) < 4.78 is 5.19. The van der Waals surface area contributed by atoms with E-state index < -0.39 is 12.2 Å². The fourth-order valence-corrected chi connectivity index (χ4v) is 1.89. The summed E-state index contributed by atoms with van der Waals surface area (Å²) in [7, 11) is 1.64. The number of likely N-dealkylation sites (N-methyl/N-ethyl adjacent to an activating group) is 1. The third kappa shape index (κ3) is 1.59. The van der Waals surface area contributed by atoms with Crippen molar-refractivity contribution in [2.75, 3.05) is 13.6 Å². The normalized spacial score (nSPS) is 24.6. The number of carbonyl (C=O) groups is 1. The first-order valence-electron chi connectivity index (χ1n) is 5.06. The minimum atomic E-state index is -0.497. The van der Waals surface area contributed by atoms with Gasteiger partial charge < -0.3 is 20.5 Å². The van der Waals surface area contributed by atoms with Crippen LogP contribution in [0.5, 0.6) is 5.75 Å². The molecule has 0 saturated carbocycles. The maximum Gasteiger partial charge on any atom is 0.410 e. The number of benzene rings is 1. The van der Waals surface area contributed by atoms with Gasteiger partial charge in [0.2, 0.25) is 0 Å². The molecule has 0 bridgehead atoms. The smallest absolute Gasteiger partial charge is 0.410 e. The highest BCUT2D eigenvalue weighted by Gasteiger charge is 2.40. The van der Waals surface area contributed by atoms with Gasteiger partial charge in [0.05, 0.1) is 6.04 Å². The van der Waals surface area contributed by atoms with Crippen molar-refractivity contribution in [3.05, 3.63) is 29.8 Å². The van der Waals surface area contributed by atoms with Gasteiger partial charge in [0.15, 0.2) is 6.10 Å². The molecule has 1 aromatic rings. The lowest BCUT2D eigenvalue weighted by Gasteiger charge is -2.20. The molecule has 0 aliphatic carbocycles. The Morgan fingerprint density at radius 3 is 2.81 bits per heavy atom. The van der Waals surface area contributed by atoms with Crippen LogP contribution in [0.4, 0.5) is 4.79 Å². The predicted octanol–water partition coefficient (Wildman–Crippen LogP) is 0.843. The van der Waals surface area contributed by atoms with Crippen LogP contribution in [0.15, 0.2) is 24.3 Å². The molecule has 2 atom stereocenters. The Bertz CT molecular complexity index is 408. The summed E-state index contributed by atoms with van der Waals surface area (Å²) >= 11 is 0. The van der Waals surface area contributed by atoms with Crippen molar-refractivity contribution in [3.63, 3.8) is 0 Å². The first-order valence-corrected chi connectivity index (χ1v) is 5.06. The van der Waals surface area contributed by atoms with Crippen molar-refractivity contribution in [2.24, 2.45) is 5.73 Å². The molecule has 5 nitrogen and oxygen atoms in total. The van der Waals surface area contributed by atoms with Gasteiger partial charge in [0, 0.05) is 19.2 Å². The number of carbonyl (C=O) groups excluding carboxylic acids is 1. The van der Waals surface area contributed by atoms with Crippen LogP contribution in [-0.4, -0.2) is 35.7 Å². The number of hydrogen-bond donors (Lipinski definition) is 2. The highest BCUT2D eigenvalue weighted by atomic mass is 16.6. The van der Waals surface area contributed by atoms with Crippen LogP contribution < -0.4 is 5.73 Å². The molecule has 3 N–H and O–H groups in total. The zero-order chi connectivity index (χ0) is 11.7. The zero-order valence-corrected chi connectivity index (χ0v) is 8.96. The number of nitrogens with two attached hydrogens (primary N) is 1. The molecule has 2 rings (SSSR count). The van der Waals surface area contributed by atoms with Crippen LogP contribution in [0.2, 0.25) is 0 Å². The van der Waals surface area contributed by atoms with Crippen molar-refractivity contribution >= 4 is 6.09 Å². The van der Waals surface area contributed by atoms with Gasteiger partial charge in [0.1, 0.15) is 5.75 Å². The molecule has 1 aliphatic heterocycles. The second-order valence-corrected chi connectivity index (χ2v) is 3.78. The summed E-state index contributed by atoms with van der Waals surface area (Å²) in [4.78, 5) is 12.9. The SMILES string of the molecule is CN1C(=O)OC(c2ccccc2O)C1CN. The number of amides is 1. The molecule has 2 unspecified atom stereocenters. The molecule has 86 valence electrons. The van der Waals surface area contributed by atoms with Gasteiger partial charge in [-0.3, -0.25) is 0 Å². The van der Waals surface area contributed by atoms with E-state index in [0.29, 0.717) is 12.1 Å². The standard InChI is InChI=1S/C11H14N2O3/c1-13-8(6-12)10(16-11(13)15)7-4-2-3-5-9(7)14/h2-5,8,10,14H,6,12H2,1H3. The number of cyclic esters (lactones) is 1. The first kappa shape index (κ1) is 10.8. The van der Waals surface area contributed by atoms with Crippen LogP contribution >= 0.6 is 0 Å². The number of aromatic hydroxyl groups is 1. The summed E-state index contributed by atoms with van der Waals surface area (Å²) in [5.74, 6) is 0.119. The molecule has 0 aromatic heterocycles. The number of rotatable bonds is 2. The van der Waals surface area contributed by atoms with E-state index in [0.717, 1.165) is 0 Å². The van der Waals surface area contributed by atoms with E-state index in [2.05, 4.69) is 0 Å². The first-order chi connectivity index (χ1) is 7.65. The Hall–Kier alpha value is -1.75. The number of nitrogens with zero attached hydrogens (tertiary/aromatic N) is 1. The zero-order valence-electron chi connectivity index (χ0n) is 8.96. The number of phenols is 1. The topological polar surface area (TPSA) is 75.8 Å². The van der Waals surface area contributed by atoms with Crippen molar-refractivity contribution < 1.29 is 14.6 Å². The number of ether oxygens (including phenoxy) is 1. The average molecular weight is 222 g/mol. The number of para-hydroxylation sites is 1. The van der Waals surface area contributed by atoms with Crippen LogP contribution in [0.3, 0.4) is 0 Å². The van der Waals surface area contributed by atoms with Crippen molar-refractivity contribution in [3.8, 4) is 5.75 Å². The molecule has 1 heterocycles. The number of phenolic OH excluding ortho intramolecular Hbond substituents is 1. The minimum Gasteiger partial charge on any atom is -0.508 e. The van der Waals surface area contributed by atoms with Gasteiger partial charge in [-0.15, -0.1) is 0 Å². The largest absolute Gasteiger partial charge is 0.508 e. The molecule has 5 heteroatoms. The lowest BCUT2D eigenvalue weighted by molar-refractivity contribution is 0.129. The average Bonchev–Trinajstić information content (AvgIpc) is 2.56. The highest BCUT2D eigenvalue weighted by Crippen LogP contribution is 2.35. The molecule has 1 fully saturated rings. The Morgan fingerprint density at radius 2 is 2.19 bits per heavy atom. The van der Waals surface area contributed by atoms with Crippen molar-refractivity contribution in [1.29, 1.82) is 0 Å². The molecule has 16 heavy (non-hydrogen) atoms. The van der Waals surface area contributed by atoms with E-state index >= 15 is 0 Å². The maximum atomic E-state index is 11.4. The van der Waals surface area contributed by atoms with E-state index in [4.69, 9.17) is 10.5 Å². The number of hydrogen-bond acceptors (Lipinski definition) is 4. The summed E-state index contributed by atoms with van der Waals surface area (Å²) in [6.45, 7) is 0.293. The molecular weight excluding hydrogens is 208 g/mol. The van der Waals surface area contributed by atoms with Crippen molar-refractivity contribution in [1.82, 2.24) is 4.90 Å². The fraction of sp³-hybridized carbons (Fsp3) is 0.364. The molecule has 1 saturated heterocycles. The summed E-state index contributed by atoms with van der Waals surface area (Å²) in [6.07, 6.45) is -0.910. The predicted molar refractivity (Wildman–Crippen MR) is 57.9 cm³/mol. The third-order valence-corrected chi connectivity index (χ3v) is 2.85. The van der Waals surface area contributed by atoms with Crippen LogP contribution in [0, 0.1) is 0 Å². The van der Waals surface area contributed by atoms with Crippen LogP contribution in [-0.2, 0) is 4.74 Å². The quantitative estimate of drug-likeness (QED) is 0.777. The Kier molecular flexibility index (Phi) is 2.70. The second kappa shape index (κ2) is 4.02. The Morgan fingerprint density at radius 1 is 1.50 bits per heavy atom. The van der Waals surface area contributed by atoms with Gasteiger partial charge in [-0.1, -0.05) is 18.2 Å². The second-order valence-electron chi connectivity index (χ2n) is 3.78. The van der Waals surface area contributed by atoms with E-state index in [9.17, 15) is 9.90 Å². The van der Waals surface area contributed by atoms with Gasteiger partial charge in [-0.05, 0) is 6.07 Å². The molecule has 1 aliphatic rings. The maximum absolute atomic E-state index is 11.4. The van der Waals surface area contributed by atoms with E-state index in [1.165, 1.54) is 4.90 Å². The molecule has 0 spiro atoms. The van der Waals surface area contributed by atoms with E-state index in [-0.39, 0.29) is 11.8 Å². The lowest BCUT2D eigenvalue weighted by atomic mass is 10.0. The van der Waals surface area contributed by atoms with Crippen molar-refractivity contribution in [2.45, 2.75) is 12.1 Å². The van der Waals surface area contributed by atoms with E-state index in [1.54, 1.807) is 31.3 Å². The molecule has 0 radical (unpaired) electrons. The fourth-order valence-electron chi connectivity index (χ4n) is 1.89. The summed E-state index contributed by atoms with van der Waals surface area (Å²) in [5, 5.41) is 9.71. The Balaban J connectivity index is 2.35. The van der Waals surface area contributed by atoms with Crippen LogP contribution in [0.1, 0.15) is 11.7 Å². The van der Waals surface area contributed by atoms with Gasteiger partial charge in [0.25, 0.3) is 0 Å². The monoisotopic (exact) mass is 222 g/mol. The molecular formula is C11H14N2O3. The lowest BCUT2D eigenvalue weighted by Crippen LogP contribution is -2.36. The highest BCUT2D eigenvalue weighted by molar-refractivity contribution is 5.71.